The maximum atomic E-state index is 14.6. The number of carbonyl (C=O) groups excluding carboxylic acids is 1. The van der Waals surface area contributed by atoms with Crippen molar-refractivity contribution in [2.24, 2.45) is 4.99 Å². The van der Waals surface area contributed by atoms with Crippen molar-refractivity contribution >= 4 is 23.0 Å². The molecule has 32 heavy (non-hydrogen) atoms. The molecular formula is C23H30F3N3O2S. The molecule has 1 heterocycles. The van der Waals surface area contributed by atoms with Crippen molar-refractivity contribution in [3.8, 4) is 5.75 Å². The highest BCUT2D eigenvalue weighted by molar-refractivity contribution is 8.14. The van der Waals surface area contributed by atoms with Crippen LogP contribution in [0.15, 0.2) is 29.3 Å². The molecule has 5 nitrogen and oxygen atoms in total. The standard InChI is InChI=1S/C23H30F3N3O2S/c1-31-19-14-12-16(13-15-19)22(23(24,25)26)28-20(30)29(18-10-6-3-7-11-18)21(32-22)27-17-8-4-2-5-9-17/h12-15,17-18H,2-11H2,1H3,(H,28,30). The average molecular weight is 470 g/mol. The number of thioether (sulfide) groups is 1. The van der Waals surface area contributed by atoms with Crippen molar-refractivity contribution in [2.45, 2.75) is 87.3 Å². The van der Waals surface area contributed by atoms with Crippen molar-refractivity contribution < 1.29 is 22.7 Å². The highest BCUT2D eigenvalue weighted by Crippen LogP contribution is 2.51. The Hall–Kier alpha value is -1.90. The number of rotatable bonds is 4. The van der Waals surface area contributed by atoms with Crippen LogP contribution in [0.4, 0.5) is 18.0 Å². The van der Waals surface area contributed by atoms with Crippen LogP contribution in [0.25, 0.3) is 0 Å². The minimum Gasteiger partial charge on any atom is -0.497 e. The quantitative estimate of drug-likeness (QED) is 0.572. The van der Waals surface area contributed by atoms with Gasteiger partial charge in [-0.3, -0.25) is 9.89 Å². The first-order chi connectivity index (χ1) is 15.3. The zero-order valence-electron chi connectivity index (χ0n) is 18.3. The molecule has 0 spiro atoms. The highest BCUT2D eigenvalue weighted by Gasteiger charge is 2.62. The lowest BCUT2D eigenvalue weighted by Gasteiger charge is -2.46. The summed E-state index contributed by atoms with van der Waals surface area (Å²) in [6, 6.07) is 4.86. The molecule has 3 fully saturated rings. The molecule has 0 radical (unpaired) electrons. The monoisotopic (exact) mass is 469 g/mol. The number of methoxy groups -OCH3 is 1. The Labute approximate surface area is 191 Å². The third-order valence-electron chi connectivity index (χ3n) is 6.66. The van der Waals surface area contributed by atoms with E-state index in [1.54, 1.807) is 0 Å². The highest BCUT2D eigenvalue weighted by atomic mass is 32.2. The molecule has 1 aromatic rings. The maximum Gasteiger partial charge on any atom is 0.425 e. The number of carbonyl (C=O) groups is 1. The van der Waals surface area contributed by atoms with Crippen LogP contribution in [0.2, 0.25) is 0 Å². The van der Waals surface area contributed by atoms with E-state index in [1.807, 2.05) is 0 Å². The number of benzene rings is 1. The van der Waals surface area contributed by atoms with Gasteiger partial charge in [-0.15, -0.1) is 0 Å². The summed E-state index contributed by atoms with van der Waals surface area (Å²) in [4.78, 5) is 17.0. The Morgan fingerprint density at radius 1 is 1.03 bits per heavy atom. The lowest BCUT2D eigenvalue weighted by Crippen LogP contribution is -2.65. The third-order valence-corrected chi connectivity index (χ3v) is 8.02. The second kappa shape index (κ2) is 9.53. The second-order valence-electron chi connectivity index (χ2n) is 8.81. The molecule has 1 aromatic carbocycles. The number of ether oxygens (including phenoxy) is 1. The summed E-state index contributed by atoms with van der Waals surface area (Å²) in [5.41, 5.74) is -0.0382. The Kier molecular flexibility index (Phi) is 6.93. The largest absolute Gasteiger partial charge is 0.497 e. The zero-order valence-corrected chi connectivity index (χ0v) is 19.1. The molecule has 1 aliphatic heterocycles. The summed E-state index contributed by atoms with van der Waals surface area (Å²) in [7, 11) is 1.46. The van der Waals surface area contributed by atoms with Crippen LogP contribution in [-0.2, 0) is 4.87 Å². The number of nitrogens with zero attached hydrogens (tertiary/aromatic N) is 2. The summed E-state index contributed by atoms with van der Waals surface area (Å²) in [5.74, 6) is 0.457. The molecule has 1 saturated heterocycles. The fourth-order valence-corrected chi connectivity index (χ4v) is 6.19. The third kappa shape index (κ3) is 4.58. The molecule has 176 valence electrons. The van der Waals surface area contributed by atoms with Gasteiger partial charge in [-0.2, -0.15) is 13.2 Å². The van der Waals surface area contributed by atoms with Gasteiger partial charge in [0.05, 0.1) is 13.2 Å². The van der Waals surface area contributed by atoms with Gasteiger partial charge in [-0.25, -0.2) is 4.79 Å². The summed E-state index contributed by atoms with van der Waals surface area (Å²) in [6.07, 6.45) is 4.77. The predicted molar refractivity (Wildman–Crippen MR) is 120 cm³/mol. The number of halogens is 3. The van der Waals surface area contributed by atoms with E-state index in [1.165, 1.54) is 36.3 Å². The van der Waals surface area contributed by atoms with Gasteiger partial charge in [-0.05, 0) is 55.1 Å². The van der Waals surface area contributed by atoms with Gasteiger partial charge in [0.1, 0.15) is 5.75 Å². The van der Waals surface area contributed by atoms with E-state index in [4.69, 9.17) is 9.73 Å². The van der Waals surface area contributed by atoms with Gasteiger partial charge in [0.2, 0.25) is 4.87 Å². The average Bonchev–Trinajstić information content (AvgIpc) is 2.79. The zero-order chi connectivity index (χ0) is 22.8. The number of amidine groups is 1. The lowest BCUT2D eigenvalue weighted by atomic mass is 9.94. The first-order valence-electron chi connectivity index (χ1n) is 11.4. The van der Waals surface area contributed by atoms with Crippen molar-refractivity contribution in [3.05, 3.63) is 29.8 Å². The molecule has 1 unspecified atom stereocenters. The molecule has 2 aliphatic carbocycles. The molecule has 1 atom stereocenters. The maximum absolute atomic E-state index is 14.6. The molecule has 0 aromatic heterocycles. The Morgan fingerprint density at radius 2 is 1.62 bits per heavy atom. The van der Waals surface area contributed by atoms with Gasteiger partial charge in [-0.1, -0.05) is 50.7 Å². The molecule has 1 N–H and O–H groups in total. The summed E-state index contributed by atoms with van der Waals surface area (Å²) in [5, 5.41) is 2.55. The normalized spacial score (nSPS) is 27.4. The van der Waals surface area contributed by atoms with Crippen LogP contribution >= 0.6 is 11.8 Å². The number of hydrogen-bond acceptors (Lipinski definition) is 4. The van der Waals surface area contributed by atoms with Crippen molar-refractivity contribution in [1.29, 1.82) is 0 Å². The summed E-state index contributed by atoms with van der Waals surface area (Å²) < 4.78 is 49.0. The molecule has 2 saturated carbocycles. The molecule has 2 amide bonds. The smallest absolute Gasteiger partial charge is 0.425 e. The van der Waals surface area contributed by atoms with Crippen molar-refractivity contribution in [1.82, 2.24) is 10.2 Å². The van der Waals surface area contributed by atoms with Gasteiger partial charge in [0.25, 0.3) is 0 Å². The number of aliphatic imine (C=N–C) groups is 1. The number of amides is 2. The van der Waals surface area contributed by atoms with E-state index >= 15 is 0 Å². The van der Waals surface area contributed by atoms with Crippen molar-refractivity contribution in [2.75, 3.05) is 7.11 Å². The Bertz CT molecular complexity index is 834. The molecule has 3 aliphatic rings. The number of hydrogen-bond donors (Lipinski definition) is 1. The fourth-order valence-electron chi connectivity index (χ4n) is 4.87. The first kappa shape index (κ1) is 23.3. The molecule has 9 heteroatoms. The predicted octanol–water partition coefficient (Wildman–Crippen LogP) is 6.19. The van der Waals surface area contributed by atoms with Gasteiger partial charge < -0.3 is 10.1 Å². The number of urea groups is 1. The van der Waals surface area contributed by atoms with Crippen LogP contribution in [0.3, 0.4) is 0 Å². The number of nitrogens with one attached hydrogen (secondary N) is 1. The minimum atomic E-state index is -4.71. The fraction of sp³-hybridized carbons (Fsp3) is 0.652. The van der Waals surface area contributed by atoms with Gasteiger partial charge in [0.15, 0.2) is 5.17 Å². The van der Waals surface area contributed by atoms with Crippen LogP contribution in [0.1, 0.15) is 69.8 Å². The second-order valence-corrected chi connectivity index (χ2v) is 9.99. The Balaban J connectivity index is 1.75. The Morgan fingerprint density at radius 3 is 2.19 bits per heavy atom. The topological polar surface area (TPSA) is 53.9 Å². The van der Waals surface area contributed by atoms with Gasteiger partial charge in [0, 0.05) is 6.04 Å². The van der Waals surface area contributed by atoms with E-state index in [2.05, 4.69) is 5.32 Å². The summed E-state index contributed by atoms with van der Waals surface area (Å²) >= 11 is 0.630. The van der Waals surface area contributed by atoms with E-state index < -0.39 is 17.1 Å². The summed E-state index contributed by atoms with van der Waals surface area (Å²) in [6.45, 7) is 0. The van der Waals surface area contributed by atoms with Crippen molar-refractivity contribution in [3.63, 3.8) is 0 Å². The lowest BCUT2D eigenvalue weighted by molar-refractivity contribution is -0.168. The van der Waals surface area contributed by atoms with Crippen LogP contribution in [-0.4, -0.2) is 41.5 Å². The number of alkyl halides is 3. The molecule has 0 bridgehead atoms. The van der Waals surface area contributed by atoms with Crippen LogP contribution in [0.5, 0.6) is 5.75 Å². The van der Waals surface area contributed by atoms with Crippen LogP contribution in [0, 0.1) is 0 Å². The van der Waals surface area contributed by atoms with E-state index in [9.17, 15) is 18.0 Å². The van der Waals surface area contributed by atoms with Crippen LogP contribution < -0.4 is 10.1 Å². The van der Waals surface area contributed by atoms with E-state index in [-0.39, 0.29) is 22.8 Å². The SMILES string of the molecule is COc1ccc(C2(C(F)(F)F)NC(=O)N(C3CCCCC3)C(=NC3CCCCC3)S2)cc1. The molecule has 4 rings (SSSR count). The first-order valence-corrected chi connectivity index (χ1v) is 12.2. The van der Waals surface area contributed by atoms with Gasteiger partial charge >= 0.3 is 12.2 Å². The molecular weight excluding hydrogens is 439 g/mol. The van der Waals surface area contributed by atoms with E-state index in [0.29, 0.717) is 17.5 Å². The van der Waals surface area contributed by atoms with E-state index in [0.717, 1.165) is 64.2 Å². The minimum absolute atomic E-state index is 0.0370.